The van der Waals surface area contributed by atoms with Gasteiger partial charge in [0.05, 0.1) is 11.0 Å². The predicted octanol–water partition coefficient (Wildman–Crippen LogP) is 2.29. The van der Waals surface area contributed by atoms with Gasteiger partial charge in [-0.1, -0.05) is 12.1 Å². The van der Waals surface area contributed by atoms with Gasteiger partial charge in [0.15, 0.2) is 11.6 Å². The zero-order valence-electron chi connectivity index (χ0n) is 11.9. The highest BCUT2D eigenvalue weighted by Crippen LogP contribution is 2.21. The zero-order valence-corrected chi connectivity index (χ0v) is 11.9. The minimum absolute atomic E-state index is 0.464. The number of hydrogen-bond donors (Lipinski definition) is 1. The second-order valence-corrected chi connectivity index (χ2v) is 4.95. The second kappa shape index (κ2) is 5.75. The van der Waals surface area contributed by atoms with Gasteiger partial charge in [0.1, 0.15) is 0 Å². The van der Waals surface area contributed by atoms with E-state index in [0.29, 0.717) is 5.82 Å². The maximum atomic E-state index is 6.03. The molecule has 0 radical (unpaired) electrons. The van der Waals surface area contributed by atoms with Gasteiger partial charge in [-0.05, 0) is 36.2 Å². The van der Waals surface area contributed by atoms with E-state index in [1.807, 2.05) is 48.3 Å². The molecule has 21 heavy (non-hydrogen) atoms. The molecule has 5 heteroatoms. The third kappa shape index (κ3) is 2.91. The van der Waals surface area contributed by atoms with E-state index in [1.54, 1.807) is 12.4 Å². The predicted molar refractivity (Wildman–Crippen MR) is 85.2 cm³/mol. The Labute approximate surface area is 123 Å². The van der Waals surface area contributed by atoms with Crippen molar-refractivity contribution in [3.05, 3.63) is 54.4 Å². The lowest BCUT2D eigenvalue weighted by atomic mass is 10.2. The van der Waals surface area contributed by atoms with Crippen molar-refractivity contribution in [3.63, 3.8) is 0 Å². The van der Waals surface area contributed by atoms with Gasteiger partial charge in [-0.3, -0.25) is 4.98 Å². The number of hydrogen-bond acceptors (Lipinski definition) is 5. The van der Waals surface area contributed by atoms with E-state index in [0.717, 1.165) is 29.8 Å². The van der Waals surface area contributed by atoms with Crippen LogP contribution in [0.15, 0.2) is 48.8 Å². The van der Waals surface area contributed by atoms with Crippen LogP contribution in [-0.2, 0) is 6.42 Å². The van der Waals surface area contributed by atoms with E-state index in [1.165, 1.54) is 5.56 Å². The Morgan fingerprint density at radius 1 is 1.00 bits per heavy atom. The monoisotopic (exact) mass is 279 g/mol. The number of nitrogens with zero attached hydrogens (tertiary/aromatic N) is 4. The molecule has 0 spiro atoms. The van der Waals surface area contributed by atoms with Gasteiger partial charge in [-0.25, -0.2) is 9.97 Å². The van der Waals surface area contributed by atoms with Crippen molar-refractivity contribution in [2.24, 2.45) is 0 Å². The van der Waals surface area contributed by atoms with Gasteiger partial charge in [0, 0.05) is 26.0 Å². The highest BCUT2D eigenvalue weighted by atomic mass is 15.2. The fourth-order valence-electron chi connectivity index (χ4n) is 2.24. The van der Waals surface area contributed by atoms with Crippen LogP contribution in [0.4, 0.5) is 11.6 Å². The van der Waals surface area contributed by atoms with Crippen molar-refractivity contribution in [1.82, 2.24) is 15.0 Å². The highest BCUT2D eigenvalue weighted by Gasteiger charge is 2.10. The quantitative estimate of drug-likeness (QED) is 0.793. The number of aromatic nitrogens is 3. The van der Waals surface area contributed by atoms with Gasteiger partial charge in [-0.2, -0.15) is 0 Å². The zero-order chi connectivity index (χ0) is 14.7. The molecule has 0 bridgehead atoms. The summed E-state index contributed by atoms with van der Waals surface area (Å²) in [5, 5.41) is 0. The summed E-state index contributed by atoms with van der Waals surface area (Å²) in [5.41, 5.74) is 8.95. The lowest BCUT2D eigenvalue weighted by molar-refractivity contribution is 0.860. The maximum Gasteiger partial charge on any atom is 0.171 e. The van der Waals surface area contributed by atoms with Gasteiger partial charge < -0.3 is 10.6 Å². The van der Waals surface area contributed by atoms with E-state index >= 15 is 0 Å². The smallest absolute Gasteiger partial charge is 0.171 e. The molecule has 2 heterocycles. The van der Waals surface area contributed by atoms with Crippen LogP contribution in [0.25, 0.3) is 11.0 Å². The largest absolute Gasteiger partial charge is 0.381 e. The van der Waals surface area contributed by atoms with Crippen LogP contribution in [0.1, 0.15) is 5.56 Å². The molecule has 0 saturated heterocycles. The number of nitrogens with two attached hydrogens (primary N) is 1. The Hall–Kier alpha value is -2.69. The van der Waals surface area contributed by atoms with E-state index in [-0.39, 0.29) is 0 Å². The number of nitrogen functional groups attached to an aromatic ring is 1. The first-order valence-corrected chi connectivity index (χ1v) is 6.86. The first kappa shape index (κ1) is 13.3. The molecule has 2 N–H and O–H groups in total. The molecule has 0 atom stereocenters. The summed E-state index contributed by atoms with van der Waals surface area (Å²) in [6, 6.07) is 11.8. The van der Waals surface area contributed by atoms with Crippen molar-refractivity contribution in [2.75, 3.05) is 24.2 Å². The third-order valence-electron chi connectivity index (χ3n) is 3.42. The van der Waals surface area contributed by atoms with Gasteiger partial charge in [0.25, 0.3) is 0 Å². The number of likely N-dealkylation sites (N-methyl/N-ethyl adjacent to an activating group) is 1. The fourth-order valence-corrected chi connectivity index (χ4v) is 2.24. The Morgan fingerprint density at radius 2 is 1.67 bits per heavy atom. The minimum Gasteiger partial charge on any atom is -0.381 e. The summed E-state index contributed by atoms with van der Waals surface area (Å²) >= 11 is 0. The van der Waals surface area contributed by atoms with Crippen molar-refractivity contribution >= 4 is 22.7 Å². The molecule has 0 fully saturated rings. The molecule has 1 aromatic carbocycles. The van der Waals surface area contributed by atoms with Crippen LogP contribution in [-0.4, -0.2) is 28.5 Å². The molecule has 3 aromatic rings. The summed E-state index contributed by atoms with van der Waals surface area (Å²) in [6.07, 6.45) is 4.52. The van der Waals surface area contributed by atoms with Crippen molar-refractivity contribution in [2.45, 2.75) is 6.42 Å². The number of fused-ring (bicyclic) bond motifs is 1. The number of pyridine rings is 1. The van der Waals surface area contributed by atoms with Crippen LogP contribution in [0, 0.1) is 0 Å². The van der Waals surface area contributed by atoms with Gasteiger partial charge >= 0.3 is 0 Å². The van der Waals surface area contributed by atoms with Crippen LogP contribution >= 0.6 is 0 Å². The first-order chi connectivity index (χ1) is 10.2. The fraction of sp³-hybridized carbons (Fsp3) is 0.188. The summed E-state index contributed by atoms with van der Waals surface area (Å²) < 4.78 is 0. The average Bonchev–Trinajstić information content (AvgIpc) is 2.53. The van der Waals surface area contributed by atoms with Gasteiger partial charge in [-0.15, -0.1) is 0 Å². The lowest BCUT2D eigenvalue weighted by Gasteiger charge is -2.19. The van der Waals surface area contributed by atoms with Crippen LogP contribution in [0.2, 0.25) is 0 Å². The Bertz CT molecular complexity index is 742. The number of para-hydroxylation sites is 2. The molecule has 0 aliphatic rings. The maximum absolute atomic E-state index is 6.03. The number of anilines is 2. The summed E-state index contributed by atoms with van der Waals surface area (Å²) in [6.45, 7) is 0.821. The Morgan fingerprint density at radius 3 is 2.38 bits per heavy atom. The first-order valence-electron chi connectivity index (χ1n) is 6.86. The number of benzene rings is 1. The van der Waals surface area contributed by atoms with Gasteiger partial charge in [0.2, 0.25) is 0 Å². The van der Waals surface area contributed by atoms with E-state index in [2.05, 4.69) is 15.0 Å². The molecule has 5 nitrogen and oxygen atoms in total. The molecular weight excluding hydrogens is 262 g/mol. The summed E-state index contributed by atoms with van der Waals surface area (Å²) in [4.78, 5) is 15.1. The molecule has 2 aromatic heterocycles. The normalized spacial score (nSPS) is 10.7. The molecular formula is C16H17N5. The molecule has 3 rings (SSSR count). The molecule has 0 aliphatic heterocycles. The van der Waals surface area contributed by atoms with Crippen molar-refractivity contribution < 1.29 is 0 Å². The van der Waals surface area contributed by atoms with E-state index in [9.17, 15) is 0 Å². The van der Waals surface area contributed by atoms with Crippen LogP contribution in [0.3, 0.4) is 0 Å². The molecule has 106 valence electrons. The van der Waals surface area contributed by atoms with Crippen molar-refractivity contribution in [3.8, 4) is 0 Å². The van der Waals surface area contributed by atoms with Crippen LogP contribution < -0.4 is 10.6 Å². The Balaban J connectivity index is 1.80. The van der Waals surface area contributed by atoms with E-state index in [4.69, 9.17) is 5.73 Å². The molecule has 0 saturated carbocycles. The molecule has 0 unspecified atom stereocenters. The second-order valence-electron chi connectivity index (χ2n) is 4.95. The molecule has 0 amide bonds. The SMILES string of the molecule is CN(CCc1ccncc1)c1nc2ccccc2nc1N. The Kier molecular flexibility index (Phi) is 3.64. The average molecular weight is 279 g/mol. The highest BCUT2D eigenvalue weighted by molar-refractivity contribution is 5.79. The minimum atomic E-state index is 0.464. The topological polar surface area (TPSA) is 67.9 Å². The molecule has 0 aliphatic carbocycles. The third-order valence-corrected chi connectivity index (χ3v) is 3.42. The lowest BCUT2D eigenvalue weighted by Crippen LogP contribution is -2.23. The number of rotatable bonds is 4. The van der Waals surface area contributed by atoms with Crippen molar-refractivity contribution in [1.29, 1.82) is 0 Å². The summed E-state index contributed by atoms with van der Waals surface area (Å²) in [7, 11) is 1.98. The van der Waals surface area contributed by atoms with Crippen LogP contribution in [0.5, 0.6) is 0 Å². The summed E-state index contributed by atoms with van der Waals surface area (Å²) in [5.74, 6) is 1.19. The van der Waals surface area contributed by atoms with E-state index < -0.39 is 0 Å². The standard InChI is InChI=1S/C16H17N5/c1-21(11-8-12-6-9-18-10-7-12)16-15(17)19-13-4-2-3-5-14(13)20-16/h2-7,9-10H,8,11H2,1H3,(H2,17,19).